The van der Waals surface area contributed by atoms with Crippen LogP contribution in [0.2, 0.25) is 0 Å². The van der Waals surface area contributed by atoms with Crippen LogP contribution in [-0.2, 0) is 22.6 Å². The lowest BCUT2D eigenvalue weighted by atomic mass is 10.2. The Morgan fingerprint density at radius 3 is 2.62 bits per heavy atom. The first-order valence-corrected chi connectivity index (χ1v) is 9.76. The van der Waals surface area contributed by atoms with Gasteiger partial charge in [-0.1, -0.05) is 19.9 Å². The van der Waals surface area contributed by atoms with Crippen molar-refractivity contribution in [3.05, 3.63) is 29.9 Å². The molecule has 1 N–H and O–H groups in total. The van der Waals surface area contributed by atoms with Crippen LogP contribution < -0.4 is 5.32 Å². The average Bonchev–Trinajstić information content (AvgIpc) is 3.07. The number of nitrogens with one attached hydrogen (secondary N) is 1. The van der Waals surface area contributed by atoms with Crippen molar-refractivity contribution in [1.82, 2.24) is 19.8 Å². The summed E-state index contributed by atoms with van der Waals surface area (Å²) in [5.41, 5.74) is 0.539. The summed E-state index contributed by atoms with van der Waals surface area (Å²) < 4.78 is 29.4. The van der Waals surface area contributed by atoms with Gasteiger partial charge in [-0.3, -0.25) is 9.59 Å². The van der Waals surface area contributed by atoms with Gasteiger partial charge in [0.25, 0.3) is 5.91 Å². The summed E-state index contributed by atoms with van der Waals surface area (Å²) in [6, 6.07) is 0. The number of hydrogen-bond donors (Lipinski definition) is 1. The Labute approximate surface area is 171 Å². The lowest BCUT2D eigenvalue weighted by Gasteiger charge is -2.27. The Bertz CT molecular complexity index is 692. The van der Waals surface area contributed by atoms with E-state index in [4.69, 9.17) is 4.74 Å². The Morgan fingerprint density at radius 1 is 1.38 bits per heavy atom. The fourth-order valence-corrected chi connectivity index (χ4v) is 2.58. The number of aromatic nitrogens is 2. The third kappa shape index (κ3) is 9.17. The van der Waals surface area contributed by atoms with Crippen molar-refractivity contribution < 1.29 is 23.1 Å². The van der Waals surface area contributed by atoms with Crippen molar-refractivity contribution in [3.8, 4) is 0 Å². The van der Waals surface area contributed by atoms with Crippen molar-refractivity contribution in [1.29, 1.82) is 0 Å². The minimum atomic E-state index is -2.50. The van der Waals surface area contributed by atoms with Gasteiger partial charge in [0.15, 0.2) is 0 Å². The molecular formula is C20H32F2N4O3. The molecule has 0 spiro atoms. The van der Waals surface area contributed by atoms with Gasteiger partial charge in [0.05, 0.1) is 19.3 Å². The number of imidazole rings is 1. The van der Waals surface area contributed by atoms with Crippen LogP contribution in [0.15, 0.2) is 18.3 Å². The normalized spacial score (nSPS) is 14.8. The third-order valence-electron chi connectivity index (χ3n) is 3.93. The summed E-state index contributed by atoms with van der Waals surface area (Å²) in [7, 11) is 1.59. The molecule has 164 valence electrons. The number of carbonyl (C=O) groups excluding carboxylic acids is 2. The average molecular weight is 414 g/mol. The zero-order valence-corrected chi connectivity index (χ0v) is 17.9. The van der Waals surface area contributed by atoms with Gasteiger partial charge in [-0.2, -0.15) is 0 Å². The van der Waals surface area contributed by atoms with E-state index < -0.39 is 5.92 Å². The molecule has 2 amide bonds. The zero-order chi connectivity index (χ0) is 22.0. The first kappa shape index (κ1) is 24.7. The minimum Gasteiger partial charge on any atom is -0.381 e. The Hall–Kier alpha value is -2.29. The lowest BCUT2D eigenvalue weighted by molar-refractivity contribution is -0.127. The van der Waals surface area contributed by atoms with Gasteiger partial charge in [0, 0.05) is 26.7 Å². The number of carbonyl (C=O) groups is 2. The quantitative estimate of drug-likeness (QED) is 0.550. The lowest BCUT2D eigenvalue weighted by Crippen LogP contribution is -2.38. The molecular weight excluding hydrogens is 382 g/mol. The maximum absolute atomic E-state index is 12.3. The number of amides is 2. The Morgan fingerprint density at radius 2 is 2.03 bits per heavy atom. The number of hydrogen-bond acceptors (Lipinski definition) is 4. The van der Waals surface area contributed by atoms with E-state index in [0.29, 0.717) is 31.9 Å². The molecule has 29 heavy (non-hydrogen) atoms. The van der Waals surface area contributed by atoms with Gasteiger partial charge in [-0.15, -0.1) is 0 Å². The molecule has 7 nitrogen and oxygen atoms in total. The van der Waals surface area contributed by atoms with Gasteiger partial charge in [-0.05, 0) is 32.3 Å². The highest BCUT2D eigenvalue weighted by Crippen LogP contribution is 2.15. The molecule has 0 saturated heterocycles. The van der Waals surface area contributed by atoms with Crippen LogP contribution in [0.1, 0.15) is 50.4 Å². The summed E-state index contributed by atoms with van der Waals surface area (Å²) in [5.74, 6) is -1.75. The van der Waals surface area contributed by atoms with Crippen LogP contribution in [0.4, 0.5) is 8.78 Å². The molecule has 2 rings (SSSR count). The van der Waals surface area contributed by atoms with Gasteiger partial charge >= 0.3 is 0 Å². The number of halogens is 2. The zero-order valence-electron chi connectivity index (χ0n) is 17.9. The Kier molecular flexibility index (Phi) is 9.94. The topological polar surface area (TPSA) is 76.5 Å². The number of ether oxygens (including phenoxy) is 1. The number of fused-ring (bicyclic) bond motifs is 1. The molecule has 1 aromatic rings. The summed E-state index contributed by atoms with van der Waals surface area (Å²) in [5, 5.41) is 2.60. The third-order valence-corrected chi connectivity index (χ3v) is 3.93. The van der Waals surface area contributed by atoms with Gasteiger partial charge < -0.3 is 19.5 Å². The molecule has 9 heteroatoms. The SMILES string of the molecule is CC(C)(F)F.CCCOC[C@H](C)/C=C/C(=O)N1CCn2c(C(=O)NC)cnc2C1. The maximum atomic E-state index is 12.3. The maximum Gasteiger partial charge on any atom is 0.269 e. The highest BCUT2D eigenvalue weighted by atomic mass is 19.3. The van der Waals surface area contributed by atoms with E-state index in [1.54, 1.807) is 24.2 Å². The van der Waals surface area contributed by atoms with Crippen molar-refractivity contribution in [2.45, 2.75) is 53.1 Å². The second kappa shape index (κ2) is 11.6. The second-order valence-corrected chi connectivity index (χ2v) is 7.29. The van der Waals surface area contributed by atoms with E-state index in [0.717, 1.165) is 32.7 Å². The van der Waals surface area contributed by atoms with Crippen molar-refractivity contribution in [2.75, 3.05) is 26.8 Å². The molecule has 0 aromatic carbocycles. The van der Waals surface area contributed by atoms with Gasteiger partial charge in [0.2, 0.25) is 11.8 Å². The van der Waals surface area contributed by atoms with Crippen LogP contribution in [0.3, 0.4) is 0 Å². The van der Waals surface area contributed by atoms with Crippen LogP contribution >= 0.6 is 0 Å². The molecule has 1 atom stereocenters. The predicted octanol–water partition coefficient (Wildman–Crippen LogP) is 2.87. The summed E-state index contributed by atoms with van der Waals surface area (Å²) in [6.45, 7) is 8.73. The molecule has 0 fully saturated rings. The fourth-order valence-electron chi connectivity index (χ4n) is 2.58. The van der Waals surface area contributed by atoms with Crippen molar-refractivity contribution in [3.63, 3.8) is 0 Å². The summed E-state index contributed by atoms with van der Waals surface area (Å²) >= 11 is 0. The molecule has 0 bridgehead atoms. The Balaban J connectivity index is 0.000000749. The highest BCUT2D eigenvalue weighted by molar-refractivity contribution is 5.92. The standard InChI is InChI=1S/C17H26N4O3.C3H6F2/c1-4-9-24-12-13(2)5-6-16(22)20-7-8-21-14(17(23)18-3)10-19-15(21)11-20;1-3(2,4)5/h5-6,10,13H,4,7-9,11-12H2,1-3H3,(H,18,23);1-2H3/b6-5+;/t13-;/m1./s1. The van der Waals surface area contributed by atoms with Crippen LogP contribution in [0.25, 0.3) is 0 Å². The van der Waals surface area contributed by atoms with Crippen molar-refractivity contribution in [2.24, 2.45) is 5.92 Å². The molecule has 0 aliphatic carbocycles. The van der Waals surface area contributed by atoms with E-state index >= 15 is 0 Å². The predicted molar refractivity (Wildman–Crippen MR) is 107 cm³/mol. The van der Waals surface area contributed by atoms with E-state index in [1.807, 2.05) is 17.6 Å². The van der Waals surface area contributed by atoms with E-state index in [-0.39, 0.29) is 17.7 Å². The van der Waals surface area contributed by atoms with Crippen LogP contribution in [-0.4, -0.2) is 59.0 Å². The number of rotatable bonds is 7. The van der Waals surface area contributed by atoms with Gasteiger partial charge in [-0.25, -0.2) is 13.8 Å². The monoisotopic (exact) mass is 414 g/mol. The first-order valence-electron chi connectivity index (χ1n) is 9.76. The van der Waals surface area contributed by atoms with E-state index in [1.165, 1.54) is 0 Å². The smallest absolute Gasteiger partial charge is 0.269 e. The number of alkyl halides is 2. The number of nitrogens with zero attached hydrogens (tertiary/aromatic N) is 3. The molecule has 0 radical (unpaired) electrons. The molecule has 1 aliphatic heterocycles. The van der Waals surface area contributed by atoms with E-state index in [2.05, 4.69) is 17.2 Å². The fraction of sp³-hybridized carbons (Fsp3) is 0.650. The minimum absolute atomic E-state index is 0.0342. The molecule has 1 aromatic heterocycles. The van der Waals surface area contributed by atoms with E-state index in [9.17, 15) is 18.4 Å². The summed E-state index contributed by atoms with van der Waals surface area (Å²) in [4.78, 5) is 30.1. The highest BCUT2D eigenvalue weighted by Gasteiger charge is 2.24. The van der Waals surface area contributed by atoms with Crippen LogP contribution in [0.5, 0.6) is 0 Å². The molecule has 0 saturated carbocycles. The van der Waals surface area contributed by atoms with Gasteiger partial charge in [0.1, 0.15) is 11.5 Å². The summed E-state index contributed by atoms with van der Waals surface area (Å²) in [6.07, 6.45) is 6.05. The van der Waals surface area contributed by atoms with Crippen LogP contribution in [0, 0.1) is 5.92 Å². The molecule has 0 unspecified atom stereocenters. The molecule has 2 heterocycles. The second-order valence-electron chi connectivity index (χ2n) is 7.29. The first-order chi connectivity index (χ1) is 13.6. The molecule has 1 aliphatic rings. The largest absolute Gasteiger partial charge is 0.381 e. The van der Waals surface area contributed by atoms with Crippen molar-refractivity contribution >= 4 is 11.8 Å².